The van der Waals surface area contributed by atoms with Crippen molar-refractivity contribution in [3.8, 4) is 0 Å². The van der Waals surface area contributed by atoms with Gasteiger partial charge in [0.2, 0.25) is 0 Å². The Hall–Kier alpha value is -0.610. The second-order valence-electron chi connectivity index (χ2n) is 5.45. The molecule has 0 radical (unpaired) electrons. The van der Waals surface area contributed by atoms with Gasteiger partial charge in [0.1, 0.15) is 4.60 Å². The number of piperidine rings is 1. The summed E-state index contributed by atoms with van der Waals surface area (Å²) in [6.45, 7) is 8.30. The molecule has 0 saturated carbocycles. The van der Waals surface area contributed by atoms with Crippen LogP contribution in [0.5, 0.6) is 0 Å². The molecule has 19 heavy (non-hydrogen) atoms. The number of rotatable bonds is 5. The van der Waals surface area contributed by atoms with E-state index in [-0.39, 0.29) is 0 Å². The second-order valence-corrected chi connectivity index (χ2v) is 6.20. The molecule has 1 atom stereocenters. The first-order chi connectivity index (χ1) is 9.20. The highest BCUT2D eigenvalue weighted by molar-refractivity contribution is 9.10. The number of likely N-dealkylation sites (tertiary alicyclic amines) is 1. The van der Waals surface area contributed by atoms with E-state index in [0.29, 0.717) is 6.04 Å². The third-order valence-corrected chi connectivity index (χ3v) is 4.65. The molecule has 1 saturated heterocycles. The summed E-state index contributed by atoms with van der Waals surface area (Å²) in [5.74, 6) is 0.764. The first-order valence-electron chi connectivity index (χ1n) is 7.30. The Bertz CT molecular complexity index is 389. The fourth-order valence-corrected chi connectivity index (χ4v) is 3.21. The summed E-state index contributed by atoms with van der Waals surface area (Å²) in [4.78, 5) is 6.85. The molecule has 0 aromatic carbocycles. The molecule has 4 heteroatoms. The molecule has 1 N–H and O–H groups in total. The van der Waals surface area contributed by atoms with Gasteiger partial charge in [-0.05, 0) is 79.8 Å². The molecule has 0 bridgehead atoms. The molecule has 1 fully saturated rings. The number of hydrogen-bond acceptors (Lipinski definition) is 3. The molecule has 2 rings (SSSR count). The Kier molecular flexibility index (Phi) is 5.64. The van der Waals surface area contributed by atoms with E-state index in [4.69, 9.17) is 0 Å². The van der Waals surface area contributed by atoms with Gasteiger partial charge in [-0.15, -0.1) is 0 Å². The number of anilines is 1. The van der Waals surface area contributed by atoms with Gasteiger partial charge in [-0.1, -0.05) is 6.92 Å². The highest BCUT2D eigenvalue weighted by Gasteiger charge is 2.23. The van der Waals surface area contributed by atoms with Crippen LogP contribution in [0.2, 0.25) is 0 Å². The van der Waals surface area contributed by atoms with Crippen molar-refractivity contribution in [2.24, 2.45) is 5.92 Å². The van der Waals surface area contributed by atoms with E-state index in [1.165, 1.54) is 38.9 Å². The number of nitrogens with zero attached hydrogens (tertiary/aromatic N) is 2. The number of pyridine rings is 1. The summed E-state index contributed by atoms with van der Waals surface area (Å²) in [7, 11) is 0. The fraction of sp³-hybridized carbons (Fsp3) is 0.667. The first-order valence-corrected chi connectivity index (χ1v) is 8.09. The predicted octanol–water partition coefficient (Wildman–Crippen LogP) is 3.77. The van der Waals surface area contributed by atoms with Gasteiger partial charge in [0.25, 0.3) is 0 Å². The third kappa shape index (κ3) is 4.18. The van der Waals surface area contributed by atoms with Crippen LogP contribution < -0.4 is 5.32 Å². The minimum absolute atomic E-state index is 0.504. The smallest absolute Gasteiger partial charge is 0.129 e. The Balaban J connectivity index is 1.85. The van der Waals surface area contributed by atoms with E-state index >= 15 is 0 Å². The van der Waals surface area contributed by atoms with E-state index in [1.54, 1.807) is 0 Å². The number of nitrogens with one attached hydrogen (secondary N) is 1. The minimum atomic E-state index is 0.504. The van der Waals surface area contributed by atoms with E-state index in [2.05, 4.69) is 51.0 Å². The van der Waals surface area contributed by atoms with E-state index in [1.807, 2.05) is 12.3 Å². The number of hydrogen-bond donors (Lipinski definition) is 1. The highest BCUT2D eigenvalue weighted by atomic mass is 79.9. The maximum atomic E-state index is 4.26. The molecule has 1 aliphatic rings. The Morgan fingerprint density at radius 1 is 1.47 bits per heavy atom. The molecule has 1 aliphatic heterocycles. The van der Waals surface area contributed by atoms with Crippen molar-refractivity contribution in [2.45, 2.75) is 39.2 Å². The molecule has 2 heterocycles. The average molecular weight is 326 g/mol. The van der Waals surface area contributed by atoms with Crippen molar-refractivity contribution in [3.63, 3.8) is 0 Å². The van der Waals surface area contributed by atoms with Gasteiger partial charge in [0.05, 0.1) is 5.69 Å². The Morgan fingerprint density at radius 3 is 2.84 bits per heavy atom. The molecule has 0 spiro atoms. The largest absolute Gasteiger partial charge is 0.380 e. The van der Waals surface area contributed by atoms with E-state index in [9.17, 15) is 0 Å². The molecule has 1 aromatic heterocycles. The van der Waals surface area contributed by atoms with Crippen LogP contribution in [0.1, 0.15) is 33.1 Å². The van der Waals surface area contributed by atoms with Gasteiger partial charge in [-0.25, -0.2) is 4.98 Å². The zero-order valence-corrected chi connectivity index (χ0v) is 13.5. The molecule has 0 amide bonds. The lowest BCUT2D eigenvalue weighted by Crippen LogP contribution is -2.39. The molecular weight excluding hydrogens is 302 g/mol. The van der Waals surface area contributed by atoms with E-state index in [0.717, 1.165) is 16.2 Å². The van der Waals surface area contributed by atoms with Crippen molar-refractivity contribution >= 4 is 21.6 Å². The van der Waals surface area contributed by atoms with Crippen LogP contribution in [0.3, 0.4) is 0 Å². The molecule has 1 unspecified atom stereocenters. The van der Waals surface area contributed by atoms with Crippen LogP contribution in [-0.2, 0) is 0 Å². The summed E-state index contributed by atoms with van der Waals surface area (Å²) in [6.07, 6.45) is 5.67. The van der Waals surface area contributed by atoms with Crippen LogP contribution in [0.4, 0.5) is 5.69 Å². The fourth-order valence-electron chi connectivity index (χ4n) is 2.85. The van der Waals surface area contributed by atoms with Gasteiger partial charge < -0.3 is 10.2 Å². The van der Waals surface area contributed by atoms with Crippen molar-refractivity contribution < 1.29 is 0 Å². The monoisotopic (exact) mass is 325 g/mol. The second kappa shape index (κ2) is 7.25. The molecule has 1 aromatic rings. The summed E-state index contributed by atoms with van der Waals surface area (Å²) in [5, 5.41) is 3.60. The van der Waals surface area contributed by atoms with Gasteiger partial charge in [0, 0.05) is 12.2 Å². The lowest BCUT2D eigenvalue weighted by atomic mass is 9.90. The lowest BCUT2D eigenvalue weighted by Gasteiger charge is -2.35. The normalized spacial score (nSPS) is 19.3. The van der Waals surface area contributed by atoms with Crippen molar-refractivity contribution in [1.82, 2.24) is 9.88 Å². The van der Waals surface area contributed by atoms with Gasteiger partial charge in [-0.3, -0.25) is 0 Å². The van der Waals surface area contributed by atoms with Crippen molar-refractivity contribution in [1.29, 1.82) is 0 Å². The predicted molar refractivity (Wildman–Crippen MR) is 84.5 cm³/mol. The summed E-state index contributed by atoms with van der Waals surface area (Å²) in [5.41, 5.74) is 1.10. The SMILES string of the molecule is CCCN1CCC(C(C)Nc2cccnc2Br)CC1. The first kappa shape index (κ1) is 14.8. The Labute approximate surface area is 124 Å². The van der Waals surface area contributed by atoms with Crippen LogP contribution in [0, 0.1) is 5.92 Å². The molecule has 106 valence electrons. The maximum Gasteiger partial charge on any atom is 0.129 e. The zero-order chi connectivity index (χ0) is 13.7. The molecule has 0 aliphatic carbocycles. The highest BCUT2D eigenvalue weighted by Crippen LogP contribution is 2.25. The molecule has 3 nitrogen and oxygen atoms in total. The number of halogens is 1. The van der Waals surface area contributed by atoms with Gasteiger partial charge >= 0.3 is 0 Å². The third-order valence-electron chi connectivity index (χ3n) is 4.02. The van der Waals surface area contributed by atoms with Crippen molar-refractivity contribution in [3.05, 3.63) is 22.9 Å². The van der Waals surface area contributed by atoms with Gasteiger partial charge in [0.15, 0.2) is 0 Å². The average Bonchev–Trinajstić information content (AvgIpc) is 2.42. The van der Waals surface area contributed by atoms with Crippen LogP contribution in [0.25, 0.3) is 0 Å². The van der Waals surface area contributed by atoms with Crippen molar-refractivity contribution in [2.75, 3.05) is 25.0 Å². The van der Waals surface area contributed by atoms with Crippen LogP contribution in [-0.4, -0.2) is 35.6 Å². The summed E-state index contributed by atoms with van der Waals surface area (Å²) >= 11 is 3.50. The quantitative estimate of drug-likeness (QED) is 0.835. The minimum Gasteiger partial charge on any atom is -0.380 e. The van der Waals surface area contributed by atoms with Crippen LogP contribution >= 0.6 is 15.9 Å². The maximum absolute atomic E-state index is 4.26. The Morgan fingerprint density at radius 2 is 2.21 bits per heavy atom. The molecular formula is C15H24BrN3. The van der Waals surface area contributed by atoms with E-state index < -0.39 is 0 Å². The summed E-state index contributed by atoms with van der Waals surface area (Å²) < 4.78 is 0.908. The zero-order valence-electron chi connectivity index (χ0n) is 11.9. The standard InChI is InChI=1S/C15H24BrN3/c1-3-9-19-10-6-13(7-11-19)12(2)18-14-5-4-8-17-15(14)16/h4-5,8,12-13,18H,3,6-7,9-11H2,1-2H3. The lowest BCUT2D eigenvalue weighted by molar-refractivity contribution is 0.176. The van der Waals surface area contributed by atoms with Gasteiger partial charge in [-0.2, -0.15) is 0 Å². The summed E-state index contributed by atoms with van der Waals surface area (Å²) in [6, 6.07) is 4.56. The van der Waals surface area contributed by atoms with Crippen LogP contribution in [0.15, 0.2) is 22.9 Å². The number of aromatic nitrogens is 1. The topological polar surface area (TPSA) is 28.2 Å².